The molecule has 7 nitrogen and oxygen atoms in total. The zero-order valence-electron chi connectivity index (χ0n) is 17.3. The average molecular weight is 404 g/mol. The van der Waals surface area contributed by atoms with Gasteiger partial charge in [0.15, 0.2) is 0 Å². The van der Waals surface area contributed by atoms with Gasteiger partial charge >= 0.3 is 0 Å². The second-order valence-corrected chi connectivity index (χ2v) is 8.35. The third kappa shape index (κ3) is 5.51. The van der Waals surface area contributed by atoms with Gasteiger partial charge in [0, 0.05) is 31.3 Å². The molecule has 2 atom stereocenters. The second kappa shape index (κ2) is 9.64. The lowest BCUT2D eigenvalue weighted by Crippen LogP contribution is -2.48. The molecule has 0 aliphatic carbocycles. The molecule has 0 bridgehead atoms. The van der Waals surface area contributed by atoms with Crippen LogP contribution < -0.4 is 15.5 Å². The molecule has 2 unspecified atom stereocenters. The molecule has 8 heteroatoms. The monoisotopic (exact) mass is 403 g/mol. The number of anilines is 2. The van der Waals surface area contributed by atoms with E-state index in [0.717, 1.165) is 22.7 Å². The first-order valence-corrected chi connectivity index (χ1v) is 10.3. The smallest absolute Gasteiger partial charge is 0.249 e. The van der Waals surface area contributed by atoms with Crippen LogP contribution in [0, 0.1) is 11.8 Å². The van der Waals surface area contributed by atoms with E-state index < -0.39 is 6.04 Å². The van der Waals surface area contributed by atoms with Crippen LogP contribution in [-0.2, 0) is 9.59 Å². The lowest BCUT2D eigenvalue weighted by atomic mass is 9.97. The Morgan fingerprint density at radius 1 is 1.07 bits per heavy atom. The summed E-state index contributed by atoms with van der Waals surface area (Å²) in [5.41, 5.74) is 2.04. The maximum atomic E-state index is 12.7. The Balaban J connectivity index is 2.11. The summed E-state index contributed by atoms with van der Waals surface area (Å²) in [7, 11) is 3.97. The fourth-order valence-electron chi connectivity index (χ4n) is 2.50. The normalized spacial score (nSPS) is 13.1. The van der Waals surface area contributed by atoms with Crippen molar-refractivity contribution in [1.29, 1.82) is 0 Å². The molecular formula is C20H29N5O2S. The highest BCUT2D eigenvalue weighted by atomic mass is 32.1. The van der Waals surface area contributed by atoms with Crippen molar-refractivity contribution in [3.8, 4) is 10.6 Å². The van der Waals surface area contributed by atoms with Gasteiger partial charge in [-0.05, 0) is 30.2 Å². The number of rotatable bonds is 8. The van der Waals surface area contributed by atoms with Gasteiger partial charge < -0.3 is 10.2 Å². The first kappa shape index (κ1) is 21.8. The number of amides is 2. The molecule has 2 N–H and O–H groups in total. The molecule has 152 valence electrons. The van der Waals surface area contributed by atoms with Crippen LogP contribution in [0.25, 0.3) is 10.6 Å². The van der Waals surface area contributed by atoms with E-state index >= 15 is 0 Å². The first-order chi connectivity index (χ1) is 13.2. The first-order valence-electron chi connectivity index (χ1n) is 9.45. The topological polar surface area (TPSA) is 87.2 Å². The summed E-state index contributed by atoms with van der Waals surface area (Å²) >= 11 is 1.31. The predicted molar refractivity (Wildman–Crippen MR) is 115 cm³/mol. The zero-order chi connectivity index (χ0) is 20.8. The van der Waals surface area contributed by atoms with Gasteiger partial charge in [0.2, 0.25) is 16.9 Å². The van der Waals surface area contributed by atoms with Gasteiger partial charge in [0.05, 0.1) is 0 Å². The number of hydrogen-bond acceptors (Lipinski definition) is 6. The summed E-state index contributed by atoms with van der Waals surface area (Å²) in [6.45, 7) is 7.55. The summed E-state index contributed by atoms with van der Waals surface area (Å²) in [5.74, 6) is -0.584. The number of carbonyl (C=O) groups is 2. The van der Waals surface area contributed by atoms with E-state index in [2.05, 4.69) is 20.8 Å². The number of nitrogens with one attached hydrogen (secondary N) is 2. The minimum atomic E-state index is -0.605. The average Bonchev–Trinajstić information content (AvgIpc) is 3.13. The fourth-order valence-corrected chi connectivity index (χ4v) is 3.25. The van der Waals surface area contributed by atoms with Crippen LogP contribution in [0.2, 0.25) is 0 Å². The Hall–Kier alpha value is -2.48. The number of aromatic nitrogens is 2. The van der Waals surface area contributed by atoms with Crippen molar-refractivity contribution in [2.75, 3.05) is 24.3 Å². The Labute approximate surface area is 170 Å². The molecule has 2 aromatic rings. The highest BCUT2D eigenvalue weighted by Crippen LogP contribution is 2.28. The van der Waals surface area contributed by atoms with E-state index in [-0.39, 0.29) is 23.7 Å². The van der Waals surface area contributed by atoms with Crippen molar-refractivity contribution in [2.45, 2.75) is 40.2 Å². The molecular weight excluding hydrogens is 374 g/mol. The van der Waals surface area contributed by atoms with E-state index in [1.165, 1.54) is 11.3 Å². The largest absolute Gasteiger partial charge is 0.378 e. The minimum Gasteiger partial charge on any atom is -0.378 e. The summed E-state index contributed by atoms with van der Waals surface area (Å²) in [6, 6.07) is 7.37. The molecule has 0 saturated carbocycles. The molecule has 1 aromatic heterocycles. The van der Waals surface area contributed by atoms with Crippen LogP contribution in [0.15, 0.2) is 24.3 Å². The Morgan fingerprint density at radius 3 is 2.25 bits per heavy atom. The molecule has 0 radical (unpaired) electrons. The van der Waals surface area contributed by atoms with Gasteiger partial charge in [0.1, 0.15) is 11.0 Å². The summed E-state index contributed by atoms with van der Waals surface area (Å²) in [5, 5.41) is 15.1. The van der Waals surface area contributed by atoms with Crippen LogP contribution in [0.3, 0.4) is 0 Å². The van der Waals surface area contributed by atoms with Gasteiger partial charge in [0.25, 0.3) is 0 Å². The molecule has 2 amide bonds. The molecule has 0 aliphatic rings. The van der Waals surface area contributed by atoms with Gasteiger partial charge in [-0.3, -0.25) is 14.9 Å². The maximum Gasteiger partial charge on any atom is 0.249 e. The lowest BCUT2D eigenvalue weighted by molar-refractivity contribution is -0.129. The van der Waals surface area contributed by atoms with Crippen LogP contribution in [0.1, 0.15) is 34.1 Å². The third-order valence-electron chi connectivity index (χ3n) is 4.60. The number of carbonyl (C=O) groups excluding carboxylic acids is 2. The highest BCUT2D eigenvalue weighted by molar-refractivity contribution is 7.18. The van der Waals surface area contributed by atoms with Crippen molar-refractivity contribution < 1.29 is 9.59 Å². The maximum absolute atomic E-state index is 12.7. The number of nitrogens with zero attached hydrogens (tertiary/aromatic N) is 3. The Morgan fingerprint density at radius 2 is 1.71 bits per heavy atom. The minimum absolute atomic E-state index is 0.00803. The summed E-state index contributed by atoms with van der Waals surface area (Å²) in [4.78, 5) is 26.8. The van der Waals surface area contributed by atoms with Gasteiger partial charge in [-0.2, -0.15) is 0 Å². The van der Waals surface area contributed by atoms with E-state index in [1.54, 1.807) is 13.8 Å². The standard InChI is InChI=1S/C20H29N5O2S/c1-7-13(4)16(21-17(26)12(2)3)18(27)22-20-24-23-19(28-20)14-8-10-15(11-9-14)25(5)6/h8-13,16H,7H2,1-6H3,(H,21,26)(H,22,24,27). The van der Waals surface area contributed by atoms with Gasteiger partial charge in [-0.25, -0.2) is 0 Å². The molecule has 0 spiro atoms. The molecule has 2 rings (SSSR count). The van der Waals surface area contributed by atoms with Crippen LogP contribution in [0.5, 0.6) is 0 Å². The summed E-state index contributed by atoms with van der Waals surface area (Å²) in [6.07, 6.45) is 0.774. The van der Waals surface area contributed by atoms with Crippen LogP contribution in [-0.4, -0.2) is 42.1 Å². The lowest BCUT2D eigenvalue weighted by Gasteiger charge is -2.23. The van der Waals surface area contributed by atoms with Crippen molar-refractivity contribution in [2.24, 2.45) is 11.8 Å². The zero-order valence-corrected chi connectivity index (χ0v) is 18.1. The number of benzene rings is 1. The predicted octanol–water partition coefficient (Wildman–Crippen LogP) is 3.40. The van der Waals surface area contributed by atoms with Crippen molar-refractivity contribution in [1.82, 2.24) is 15.5 Å². The molecule has 0 fully saturated rings. The highest BCUT2D eigenvalue weighted by Gasteiger charge is 2.27. The van der Waals surface area contributed by atoms with E-state index in [9.17, 15) is 9.59 Å². The molecule has 28 heavy (non-hydrogen) atoms. The molecule has 0 saturated heterocycles. The van der Waals surface area contributed by atoms with E-state index in [1.807, 2.05) is 57.1 Å². The van der Waals surface area contributed by atoms with E-state index in [0.29, 0.717) is 5.13 Å². The quantitative estimate of drug-likeness (QED) is 0.705. The fraction of sp³-hybridized carbons (Fsp3) is 0.500. The van der Waals surface area contributed by atoms with Crippen molar-refractivity contribution >= 4 is 34.0 Å². The van der Waals surface area contributed by atoms with Crippen LogP contribution >= 0.6 is 11.3 Å². The third-order valence-corrected chi connectivity index (χ3v) is 5.49. The number of hydrogen-bond donors (Lipinski definition) is 2. The Bertz CT molecular complexity index is 801. The second-order valence-electron chi connectivity index (χ2n) is 7.37. The molecule has 1 heterocycles. The summed E-state index contributed by atoms with van der Waals surface area (Å²) < 4.78 is 0. The van der Waals surface area contributed by atoms with Crippen LogP contribution in [0.4, 0.5) is 10.8 Å². The van der Waals surface area contributed by atoms with E-state index in [4.69, 9.17) is 0 Å². The SMILES string of the molecule is CCC(C)C(NC(=O)C(C)C)C(=O)Nc1nnc(-c2ccc(N(C)C)cc2)s1. The molecule has 1 aromatic carbocycles. The van der Waals surface area contributed by atoms with Gasteiger partial charge in [-0.1, -0.05) is 45.5 Å². The molecule has 0 aliphatic heterocycles. The Kier molecular flexibility index (Phi) is 7.51. The van der Waals surface area contributed by atoms with Crippen molar-refractivity contribution in [3.05, 3.63) is 24.3 Å². The van der Waals surface area contributed by atoms with Gasteiger partial charge in [-0.15, -0.1) is 10.2 Å². The van der Waals surface area contributed by atoms with Crippen molar-refractivity contribution in [3.63, 3.8) is 0 Å².